The normalized spacial score (nSPS) is 25.3. The molecule has 0 amide bonds. The van der Waals surface area contributed by atoms with Crippen LogP contribution < -0.4 is 5.32 Å². The maximum absolute atomic E-state index is 3.73. The Kier molecular flexibility index (Phi) is 5.15. The van der Waals surface area contributed by atoms with E-state index in [-0.39, 0.29) is 0 Å². The summed E-state index contributed by atoms with van der Waals surface area (Å²) in [5.74, 6) is 2.10. The first-order chi connectivity index (χ1) is 7.88. The molecule has 0 saturated heterocycles. The van der Waals surface area contributed by atoms with Crippen LogP contribution in [0.3, 0.4) is 0 Å². The zero-order valence-corrected chi connectivity index (χ0v) is 11.0. The minimum absolute atomic E-state index is 0.832. The van der Waals surface area contributed by atoms with Crippen molar-refractivity contribution in [3.05, 3.63) is 0 Å². The lowest BCUT2D eigenvalue weighted by molar-refractivity contribution is 0.225. The largest absolute Gasteiger partial charge is 0.314 e. The van der Waals surface area contributed by atoms with Gasteiger partial charge in [0.2, 0.25) is 0 Å². The number of hydrogen-bond acceptors (Lipinski definition) is 1. The van der Waals surface area contributed by atoms with Crippen molar-refractivity contribution in [2.75, 3.05) is 6.54 Å². The van der Waals surface area contributed by atoms with Crippen molar-refractivity contribution >= 4 is 0 Å². The van der Waals surface area contributed by atoms with Crippen molar-refractivity contribution in [3.63, 3.8) is 0 Å². The van der Waals surface area contributed by atoms with E-state index >= 15 is 0 Å². The molecule has 94 valence electrons. The molecule has 0 bridgehead atoms. The molecule has 0 spiro atoms. The van der Waals surface area contributed by atoms with E-state index in [1.54, 1.807) is 0 Å². The highest BCUT2D eigenvalue weighted by atomic mass is 14.9. The van der Waals surface area contributed by atoms with Crippen molar-refractivity contribution in [1.29, 1.82) is 0 Å². The molecule has 1 nitrogen and oxygen atoms in total. The first-order valence-electron chi connectivity index (χ1n) is 7.62. The topological polar surface area (TPSA) is 12.0 Å². The molecule has 2 fully saturated rings. The van der Waals surface area contributed by atoms with Gasteiger partial charge >= 0.3 is 0 Å². The first-order valence-corrected chi connectivity index (χ1v) is 7.62. The van der Waals surface area contributed by atoms with Gasteiger partial charge in [0.05, 0.1) is 0 Å². The summed E-state index contributed by atoms with van der Waals surface area (Å²) in [7, 11) is 0. The van der Waals surface area contributed by atoms with Gasteiger partial charge < -0.3 is 5.32 Å². The lowest BCUT2D eigenvalue weighted by Crippen LogP contribution is -2.34. The van der Waals surface area contributed by atoms with Crippen LogP contribution in [0.2, 0.25) is 0 Å². The fourth-order valence-corrected chi connectivity index (χ4v) is 3.51. The van der Waals surface area contributed by atoms with Gasteiger partial charge in [-0.1, -0.05) is 58.3 Å². The van der Waals surface area contributed by atoms with Crippen LogP contribution in [0.5, 0.6) is 0 Å². The Bertz CT molecular complexity index is 180. The second-order valence-electron chi connectivity index (χ2n) is 6.03. The van der Waals surface area contributed by atoms with Gasteiger partial charge in [0, 0.05) is 6.04 Å². The molecule has 2 aliphatic carbocycles. The quantitative estimate of drug-likeness (QED) is 0.714. The molecule has 2 aliphatic rings. The summed E-state index contributed by atoms with van der Waals surface area (Å²) in [4.78, 5) is 0. The summed E-state index contributed by atoms with van der Waals surface area (Å²) in [6.45, 7) is 3.42. The molecule has 1 N–H and O–H groups in total. The molecule has 0 heterocycles. The van der Waals surface area contributed by atoms with E-state index in [4.69, 9.17) is 0 Å². The third-order valence-corrected chi connectivity index (χ3v) is 4.68. The minimum atomic E-state index is 0.832. The van der Waals surface area contributed by atoms with E-state index in [0.717, 1.165) is 24.4 Å². The second-order valence-corrected chi connectivity index (χ2v) is 6.03. The van der Waals surface area contributed by atoms with Crippen molar-refractivity contribution < 1.29 is 0 Å². The molecule has 0 radical (unpaired) electrons. The van der Waals surface area contributed by atoms with E-state index in [1.807, 2.05) is 0 Å². The minimum Gasteiger partial charge on any atom is -0.314 e. The molecule has 0 aromatic heterocycles. The summed E-state index contributed by atoms with van der Waals surface area (Å²) in [6.07, 6.45) is 14.9. The number of rotatable bonds is 6. The van der Waals surface area contributed by atoms with Crippen molar-refractivity contribution in [2.24, 2.45) is 11.8 Å². The summed E-state index contributed by atoms with van der Waals surface area (Å²) >= 11 is 0. The van der Waals surface area contributed by atoms with Gasteiger partial charge in [-0.25, -0.2) is 0 Å². The molecule has 1 unspecified atom stereocenters. The summed E-state index contributed by atoms with van der Waals surface area (Å²) in [5.41, 5.74) is 0. The standard InChI is InChI=1S/C15H29N/c1-2-16-15(12-14-9-6-10-14)11-13-7-4-3-5-8-13/h13-16H,2-12H2,1H3. The van der Waals surface area contributed by atoms with Gasteiger partial charge in [0.25, 0.3) is 0 Å². The van der Waals surface area contributed by atoms with Crippen LogP contribution >= 0.6 is 0 Å². The Morgan fingerprint density at radius 2 is 1.44 bits per heavy atom. The molecule has 2 saturated carbocycles. The zero-order valence-electron chi connectivity index (χ0n) is 11.0. The highest BCUT2D eigenvalue weighted by Gasteiger charge is 2.24. The van der Waals surface area contributed by atoms with Gasteiger partial charge in [-0.05, 0) is 31.2 Å². The van der Waals surface area contributed by atoms with Crippen molar-refractivity contribution in [2.45, 2.75) is 77.2 Å². The van der Waals surface area contributed by atoms with Crippen LogP contribution in [-0.4, -0.2) is 12.6 Å². The Hall–Kier alpha value is -0.0400. The van der Waals surface area contributed by atoms with Crippen LogP contribution in [-0.2, 0) is 0 Å². The van der Waals surface area contributed by atoms with E-state index in [0.29, 0.717) is 0 Å². The highest BCUT2D eigenvalue weighted by molar-refractivity contribution is 4.80. The van der Waals surface area contributed by atoms with Gasteiger partial charge in [-0.3, -0.25) is 0 Å². The fraction of sp³-hybridized carbons (Fsp3) is 1.00. The molecule has 0 aromatic rings. The van der Waals surface area contributed by atoms with Gasteiger partial charge in [-0.2, -0.15) is 0 Å². The lowest BCUT2D eigenvalue weighted by Gasteiger charge is -2.33. The smallest absolute Gasteiger partial charge is 0.00722 e. The first kappa shape index (κ1) is 12.4. The Morgan fingerprint density at radius 1 is 0.875 bits per heavy atom. The maximum atomic E-state index is 3.73. The van der Waals surface area contributed by atoms with Crippen molar-refractivity contribution in [1.82, 2.24) is 5.32 Å². The van der Waals surface area contributed by atoms with Gasteiger partial charge in [0.1, 0.15) is 0 Å². The summed E-state index contributed by atoms with van der Waals surface area (Å²) < 4.78 is 0. The SMILES string of the molecule is CCNC(CC1CCCCC1)CC1CCC1. The van der Waals surface area contributed by atoms with Gasteiger partial charge in [-0.15, -0.1) is 0 Å². The molecule has 1 atom stereocenters. The summed E-state index contributed by atoms with van der Waals surface area (Å²) in [6, 6.07) is 0.832. The highest BCUT2D eigenvalue weighted by Crippen LogP contribution is 2.34. The zero-order chi connectivity index (χ0) is 11.2. The van der Waals surface area contributed by atoms with Crippen LogP contribution in [0.4, 0.5) is 0 Å². The predicted octanol–water partition coefficient (Wildman–Crippen LogP) is 4.13. The van der Waals surface area contributed by atoms with Crippen LogP contribution in [0.25, 0.3) is 0 Å². The van der Waals surface area contributed by atoms with E-state index in [2.05, 4.69) is 12.2 Å². The third kappa shape index (κ3) is 3.76. The molecule has 0 aromatic carbocycles. The number of hydrogen-bond donors (Lipinski definition) is 1. The maximum Gasteiger partial charge on any atom is 0.00722 e. The monoisotopic (exact) mass is 223 g/mol. The van der Waals surface area contributed by atoms with Gasteiger partial charge in [0.15, 0.2) is 0 Å². The predicted molar refractivity (Wildman–Crippen MR) is 70.6 cm³/mol. The Morgan fingerprint density at radius 3 is 1.88 bits per heavy atom. The average molecular weight is 223 g/mol. The molecule has 16 heavy (non-hydrogen) atoms. The van der Waals surface area contributed by atoms with E-state index in [9.17, 15) is 0 Å². The van der Waals surface area contributed by atoms with Crippen molar-refractivity contribution in [3.8, 4) is 0 Å². The fourth-order valence-electron chi connectivity index (χ4n) is 3.51. The molecular weight excluding hydrogens is 194 g/mol. The second kappa shape index (κ2) is 6.64. The van der Waals surface area contributed by atoms with Crippen LogP contribution in [0, 0.1) is 11.8 Å². The molecule has 2 rings (SSSR count). The van der Waals surface area contributed by atoms with Crippen LogP contribution in [0.1, 0.15) is 71.1 Å². The van der Waals surface area contributed by atoms with E-state index < -0.39 is 0 Å². The Labute approximate surface area is 101 Å². The Balaban J connectivity index is 1.71. The lowest BCUT2D eigenvalue weighted by atomic mass is 9.77. The van der Waals surface area contributed by atoms with E-state index in [1.165, 1.54) is 64.2 Å². The molecule has 1 heteroatoms. The third-order valence-electron chi connectivity index (χ3n) is 4.68. The summed E-state index contributed by atoms with van der Waals surface area (Å²) in [5, 5.41) is 3.73. The van der Waals surface area contributed by atoms with Crippen LogP contribution in [0.15, 0.2) is 0 Å². The number of nitrogens with one attached hydrogen (secondary N) is 1. The average Bonchev–Trinajstić information content (AvgIpc) is 2.25. The molecular formula is C15H29N. The molecule has 0 aliphatic heterocycles.